The molecule has 0 unspecified atom stereocenters. The topological polar surface area (TPSA) is 64.9 Å². The van der Waals surface area contributed by atoms with Crippen molar-refractivity contribution >= 4 is 12.4 Å². The molecule has 0 amide bonds. The molecule has 102 valence electrons. The van der Waals surface area contributed by atoms with Crippen LogP contribution in [0.2, 0.25) is 0 Å². The molecule has 0 aliphatic heterocycles. The van der Waals surface area contributed by atoms with Gasteiger partial charge in [0.05, 0.1) is 5.54 Å². The zero-order valence-electron chi connectivity index (χ0n) is 10.9. The molecule has 0 aromatic carbocycles. The van der Waals surface area contributed by atoms with Crippen LogP contribution in [0.4, 0.5) is 0 Å². The summed E-state index contributed by atoms with van der Waals surface area (Å²) in [5, 5.41) is 4.15. The summed E-state index contributed by atoms with van der Waals surface area (Å²) in [6.45, 7) is 2.23. The predicted octanol–water partition coefficient (Wildman–Crippen LogP) is 3.05. The van der Waals surface area contributed by atoms with Crippen molar-refractivity contribution in [2.45, 2.75) is 69.2 Å². The van der Waals surface area contributed by atoms with Crippen LogP contribution in [0.5, 0.6) is 0 Å². The van der Waals surface area contributed by atoms with Crippen LogP contribution < -0.4 is 5.73 Å². The average molecular weight is 272 g/mol. The minimum atomic E-state index is -0.323. The van der Waals surface area contributed by atoms with E-state index in [0.29, 0.717) is 0 Å². The summed E-state index contributed by atoms with van der Waals surface area (Å²) in [7, 11) is 0. The molecule has 18 heavy (non-hydrogen) atoms. The van der Waals surface area contributed by atoms with Gasteiger partial charge in [-0.2, -0.15) is 4.98 Å². The van der Waals surface area contributed by atoms with Crippen molar-refractivity contribution < 1.29 is 4.52 Å². The van der Waals surface area contributed by atoms with Crippen molar-refractivity contribution in [3.8, 4) is 0 Å². The van der Waals surface area contributed by atoms with E-state index in [0.717, 1.165) is 37.4 Å². The fraction of sp³-hybridized carbons (Fsp3) is 0.846. The van der Waals surface area contributed by atoms with Gasteiger partial charge in [-0.05, 0) is 25.7 Å². The van der Waals surface area contributed by atoms with Gasteiger partial charge in [0.2, 0.25) is 5.89 Å². The first-order valence-corrected chi connectivity index (χ1v) is 6.76. The van der Waals surface area contributed by atoms with Gasteiger partial charge in [-0.1, -0.05) is 37.8 Å². The summed E-state index contributed by atoms with van der Waals surface area (Å²) in [6.07, 6.45) is 9.18. The van der Waals surface area contributed by atoms with Crippen molar-refractivity contribution in [2.75, 3.05) is 0 Å². The highest BCUT2D eigenvalue weighted by atomic mass is 35.5. The number of halogens is 1. The molecule has 0 atom stereocenters. The number of aromatic nitrogens is 2. The van der Waals surface area contributed by atoms with Gasteiger partial charge >= 0.3 is 0 Å². The quantitative estimate of drug-likeness (QED) is 0.898. The molecular formula is C13H22ClN3O. The Kier molecular flexibility index (Phi) is 3.70. The largest absolute Gasteiger partial charge is 0.339 e. The van der Waals surface area contributed by atoms with Gasteiger partial charge < -0.3 is 10.3 Å². The molecule has 2 aliphatic carbocycles. The second kappa shape index (κ2) is 4.82. The predicted molar refractivity (Wildman–Crippen MR) is 71.7 cm³/mol. The van der Waals surface area contributed by atoms with E-state index in [-0.39, 0.29) is 23.4 Å². The fourth-order valence-electron chi connectivity index (χ4n) is 3.27. The van der Waals surface area contributed by atoms with Crippen LogP contribution in [-0.4, -0.2) is 10.1 Å². The Labute approximate surface area is 114 Å². The third-order valence-electron chi connectivity index (χ3n) is 4.59. The molecule has 0 bridgehead atoms. The Bertz CT molecular complexity index is 370. The normalized spacial score (nSPS) is 25.0. The zero-order chi connectivity index (χ0) is 11.9. The Hall–Kier alpha value is -0.610. The molecular weight excluding hydrogens is 250 g/mol. The summed E-state index contributed by atoms with van der Waals surface area (Å²) < 4.78 is 5.49. The summed E-state index contributed by atoms with van der Waals surface area (Å²) in [5.41, 5.74) is 6.13. The van der Waals surface area contributed by atoms with E-state index in [1.807, 2.05) is 0 Å². The Morgan fingerprint density at radius 1 is 1.06 bits per heavy atom. The van der Waals surface area contributed by atoms with E-state index in [1.54, 1.807) is 0 Å². The van der Waals surface area contributed by atoms with Crippen LogP contribution in [0.25, 0.3) is 0 Å². The van der Waals surface area contributed by atoms with Gasteiger partial charge in [0.15, 0.2) is 5.82 Å². The molecule has 5 heteroatoms. The SMILES string of the molecule is CC1(c2nc(C3(N)CCCC3)no2)CCCC1.Cl. The molecule has 2 aliphatic rings. The number of rotatable bonds is 2. The van der Waals surface area contributed by atoms with Gasteiger partial charge in [0, 0.05) is 5.41 Å². The van der Waals surface area contributed by atoms with E-state index in [9.17, 15) is 0 Å². The minimum absolute atomic E-state index is 0. The van der Waals surface area contributed by atoms with Crippen molar-refractivity contribution in [3.05, 3.63) is 11.7 Å². The monoisotopic (exact) mass is 271 g/mol. The maximum Gasteiger partial charge on any atom is 0.232 e. The fourth-order valence-corrected chi connectivity index (χ4v) is 3.27. The molecule has 2 saturated carbocycles. The lowest BCUT2D eigenvalue weighted by Crippen LogP contribution is -2.34. The lowest BCUT2D eigenvalue weighted by molar-refractivity contribution is 0.289. The first-order chi connectivity index (χ1) is 8.12. The molecule has 0 saturated heterocycles. The van der Waals surface area contributed by atoms with Gasteiger partial charge in [-0.3, -0.25) is 0 Å². The van der Waals surface area contributed by atoms with E-state index in [1.165, 1.54) is 25.7 Å². The van der Waals surface area contributed by atoms with Crippen LogP contribution in [0.3, 0.4) is 0 Å². The summed E-state index contributed by atoms with van der Waals surface area (Å²) >= 11 is 0. The van der Waals surface area contributed by atoms with E-state index in [4.69, 9.17) is 10.3 Å². The van der Waals surface area contributed by atoms with Gasteiger partial charge in [-0.15, -0.1) is 12.4 Å². The molecule has 2 N–H and O–H groups in total. The minimum Gasteiger partial charge on any atom is -0.339 e. The first-order valence-electron chi connectivity index (χ1n) is 6.76. The third kappa shape index (κ3) is 2.16. The van der Waals surface area contributed by atoms with Crippen LogP contribution in [0.15, 0.2) is 4.52 Å². The van der Waals surface area contributed by atoms with Gasteiger partial charge in [0.25, 0.3) is 0 Å². The van der Waals surface area contributed by atoms with E-state index >= 15 is 0 Å². The molecule has 2 fully saturated rings. The number of hydrogen-bond donors (Lipinski definition) is 1. The number of nitrogens with two attached hydrogens (primary N) is 1. The lowest BCUT2D eigenvalue weighted by atomic mass is 9.89. The van der Waals surface area contributed by atoms with Crippen LogP contribution in [-0.2, 0) is 11.0 Å². The molecule has 1 aromatic rings. The molecule has 3 rings (SSSR count). The van der Waals surface area contributed by atoms with Gasteiger partial charge in [-0.25, -0.2) is 0 Å². The third-order valence-corrected chi connectivity index (χ3v) is 4.59. The maximum absolute atomic E-state index is 6.35. The van der Waals surface area contributed by atoms with Crippen molar-refractivity contribution in [1.82, 2.24) is 10.1 Å². The van der Waals surface area contributed by atoms with Gasteiger partial charge in [0.1, 0.15) is 0 Å². The Morgan fingerprint density at radius 2 is 1.61 bits per heavy atom. The molecule has 0 radical (unpaired) electrons. The molecule has 1 aromatic heterocycles. The highest BCUT2D eigenvalue weighted by Gasteiger charge is 2.40. The standard InChI is InChI=1S/C13H21N3O.ClH/c1-12(6-2-3-7-12)11-15-10(16-17-11)13(14)8-4-5-9-13;/h2-9,14H2,1H3;1H. The summed E-state index contributed by atoms with van der Waals surface area (Å²) in [4.78, 5) is 4.62. The van der Waals surface area contributed by atoms with Crippen molar-refractivity contribution in [1.29, 1.82) is 0 Å². The Morgan fingerprint density at radius 3 is 2.22 bits per heavy atom. The average Bonchev–Trinajstić information content (AvgIpc) is 2.97. The van der Waals surface area contributed by atoms with E-state index in [2.05, 4.69) is 17.1 Å². The number of hydrogen-bond acceptors (Lipinski definition) is 4. The molecule has 4 nitrogen and oxygen atoms in total. The lowest BCUT2D eigenvalue weighted by Gasteiger charge is -2.19. The zero-order valence-corrected chi connectivity index (χ0v) is 11.8. The van der Waals surface area contributed by atoms with Crippen molar-refractivity contribution in [2.24, 2.45) is 5.73 Å². The highest BCUT2D eigenvalue weighted by molar-refractivity contribution is 5.85. The van der Waals surface area contributed by atoms with Crippen LogP contribution >= 0.6 is 12.4 Å². The van der Waals surface area contributed by atoms with E-state index < -0.39 is 0 Å². The second-order valence-electron chi connectivity index (χ2n) is 6.05. The van der Waals surface area contributed by atoms with Crippen LogP contribution in [0.1, 0.15) is 70.0 Å². The first kappa shape index (κ1) is 13.8. The molecule has 1 heterocycles. The van der Waals surface area contributed by atoms with Crippen LogP contribution in [0, 0.1) is 0 Å². The smallest absolute Gasteiger partial charge is 0.232 e. The Balaban J connectivity index is 0.00000120. The van der Waals surface area contributed by atoms with Crippen molar-refractivity contribution in [3.63, 3.8) is 0 Å². The number of nitrogens with zero attached hydrogens (tertiary/aromatic N) is 2. The second-order valence-corrected chi connectivity index (χ2v) is 6.05. The maximum atomic E-state index is 6.35. The highest BCUT2D eigenvalue weighted by Crippen LogP contribution is 2.41. The molecule has 0 spiro atoms. The summed E-state index contributed by atoms with van der Waals surface area (Å²) in [5.74, 6) is 1.54. The summed E-state index contributed by atoms with van der Waals surface area (Å²) in [6, 6.07) is 0.